The van der Waals surface area contributed by atoms with Crippen LogP contribution in [0.1, 0.15) is 25.0 Å². The van der Waals surface area contributed by atoms with E-state index in [0.29, 0.717) is 0 Å². The van der Waals surface area contributed by atoms with Crippen LogP contribution in [0.4, 0.5) is 0 Å². The predicted octanol–water partition coefficient (Wildman–Crippen LogP) is 6.01. The first-order valence-electron chi connectivity index (χ1n) is 8.65. The van der Waals surface area contributed by atoms with E-state index in [9.17, 15) is 0 Å². The second-order valence-electron chi connectivity index (χ2n) is 6.84. The maximum Gasteiger partial charge on any atom is 0.0957 e. The van der Waals surface area contributed by atoms with E-state index < -0.39 is 0 Å². The summed E-state index contributed by atoms with van der Waals surface area (Å²) >= 11 is 3.94. The Morgan fingerprint density at radius 3 is 2.20 bits per heavy atom. The fraction of sp³-hybridized carbons (Fsp3) is 0.318. The van der Waals surface area contributed by atoms with Crippen molar-refractivity contribution in [2.45, 2.75) is 36.3 Å². The van der Waals surface area contributed by atoms with Crippen LogP contribution in [0.25, 0.3) is 0 Å². The van der Waals surface area contributed by atoms with Gasteiger partial charge < -0.3 is 0 Å². The first-order chi connectivity index (χ1) is 12.0. The summed E-state index contributed by atoms with van der Waals surface area (Å²) in [4.78, 5) is 5.14. The zero-order valence-electron chi connectivity index (χ0n) is 14.9. The molecule has 0 fully saturated rings. The number of hydrogen-bond acceptors (Lipinski definition) is 3. The Morgan fingerprint density at radius 1 is 1.00 bits per heavy atom. The topological polar surface area (TPSA) is 12.4 Å². The third-order valence-corrected chi connectivity index (χ3v) is 8.09. The minimum Gasteiger partial charge on any atom is -0.274 e. The molecule has 0 saturated carbocycles. The lowest BCUT2D eigenvalue weighted by Crippen LogP contribution is -2.42. The largest absolute Gasteiger partial charge is 0.274 e. The SMILES string of the molecule is C=CCSC1(Cc2ccccc2)SC(Cc2ccccc2)=NC1(C)C. The smallest absolute Gasteiger partial charge is 0.0957 e. The molecule has 0 amide bonds. The van der Waals surface area contributed by atoms with Crippen molar-refractivity contribution in [3.8, 4) is 0 Å². The van der Waals surface area contributed by atoms with Crippen molar-refractivity contribution >= 4 is 28.6 Å². The molecular formula is C22H25NS2. The number of aliphatic imine (C=N–C) groups is 1. The van der Waals surface area contributed by atoms with Crippen molar-refractivity contribution in [3.63, 3.8) is 0 Å². The average molecular weight is 368 g/mol. The lowest BCUT2D eigenvalue weighted by Gasteiger charge is -2.38. The summed E-state index contributed by atoms with van der Waals surface area (Å²) in [6.07, 6.45) is 3.93. The molecule has 0 bridgehead atoms. The van der Waals surface area contributed by atoms with Crippen LogP contribution in [0, 0.1) is 0 Å². The molecule has 0 aromatic heterocycles. The van der Waals surface area contributed by atoms with Gasteiger partial charge in [0.15, 0.2) is 0 Å². The van der Waals surface area contributed by atoms with Crippen LogP contribution in [-0.4, -0.2) is 20.4 Å². The van der Waals surface area contributed by atoms with Crippen LogP contribution >= 0.6 is 23.5 Å². The van der Waals surface area contributed by atoms with E-state index in [-0.39, 0.29) is 9.62 Å². The van der Waals surface area contributed by atoms with Crippen LogP contribution in [0.2, 0.25) is 0 Å². The zero-order chi connectivity index (χ0) is 17.8. The van der Waals surface area contributed by atoms with Crippen molar-refractivity contribution < 1.29 is 0 Å². The van der Waals surface area contributed by atoms with Gasteiger partial charge in [-0.2, -0.15) is 0 Å². The molecule has 3 heteroatoms. The molecule has 0 N–H and O–H groups in total. The highest BCUT2D eigenvalue weighted by Crippen LogP contribution is 2.55. The minimum atomic E-state index is -0.120. The summed E-state index contributed by atoms with van der Waals surface area (Å²) in [5.74, 6) is 0.942. The molecule has 1 aliphatic heterocycles. The quantitative estimate of drug-likeness (QED) is 0.556. The lowest BCUT2D eigenvalue weighted by atomic mass is 9.94. The van der Waals surface area contributed by atoms with E-state index >= 15 is 0 Å². The number of hydrogen-bond donors (Lipinski definition) is 0. The molecule has 2 aromatic rings. The average Bonchev–Trinajstić information content (AvgIpc) is 2.84. The van der Waals surface area contributed by atoms with E-state index in [1.54, 1.807) is 0 Å². The molecule has 0 aliphatic carbocycles. The molecule has 0 spiro atoms. The molecule has 25 heavy (non-hydrogen) atoms. The molecule has 1 unspecified atom stereocenters. The van der Waals surface area contributed by atoms with Crippen LogP contribution in [-0.2, 0) is 12.8 Å². The van der Waals surface area contributed by atoms with E-state index in [1.165, 1.54) is 16.2 Å². The van der Waals surface area contributed by atoms with Gasteiger partial charge in [-0.1, -0.05) is 78.5 Å². The molecule has 1 nitrogen and oxygen atoms in total. The predicted molar refractivity (Wildman–Crippen MR) is 115 cm³/mol. The van der Waals surface area contributed by atoms with Crippen molar-refractivity contribution in [3.05, 3.63) is 84.4 Å². The monoisotopic (exact) mass is 367 g/mol. The second kappa shape index (κ2) is 7.84. The van der Waals surface area contributed by atoms with Gasteiger partial charge in [-0.3, -0.25) is 4.99 Å². The summed E-state index contributed by atoms with van der Waals surface area (Å²) in [5.41, 5.74) is 2.58. The Morgan fingerprint density at radius 2 is 1.60 bits per heavy atom. The van der Waals surface area contributed by atoms with E-state index in [1.807, 2.05) is 29.6 Å². The molecular weight excluding hydrogens is 342 g/mol. The Hall–Kier alpha value is -1.45. The van der Waals surface area contributed by atoms with Crippen molar-refractivity contribution in [1.82, 2.24) is 0 Å². The van der Waals surface area contributed by atoms with Gasteiger partial charge in [-0.05, 0) is 31.4 Å². The number of rotatable bonds is 7. The van der Waals surface area contributed by atoms with Gasteiger partial charge in [0, 0.05) is 12.2 Å². The highest BCUT2D eigenvalue weighted by atomic mass is 32.2. The minimum absolute atomic E-state index is 0.00660. The Balaban J connectivity index is 1.86. The fourth-order valence-electron chi connectivity index (χ4n) is 3.15. The standard InChI is InChI=1S/C22H25NS2/c1-4-15-24-22(17-19-13-9-6-10-14-19)21(2,3)23-20(25-22)16-18-11-7-5-8-12-18/h4-14H,1,15-17H2,2-3H3. The highest BCUT2D eigenvalue weighted by Gasteiger charge is 2.51. The molecule has 3 rings (SSSR count). The second-order valence-corrected chi connectivity index (χ2v) is 9.79. The Labute approximate surface area is 160 Å². The maximum atomic E-state index is 5.14. The van der Waals surface area contributed by atoms with Gasteiger partial charge in [-0.25, -0.2) is 0 Å². The van der Waals surface area contributed by atoms with Crippen LogP contribution in [0.3, 0.4) is 0 Å². The first kappa shape index (κ1) is 18.3. The summed E-state index contributed by atoms with van der Waals surface area (Å²) in [6, 6.07) is 21.4. The molecule has 2 aromatic carbocycles. The number of nitrogens with zero attached hydrogens (tertiary/aromatic N) is 1. The summed E-state index contributed by atoms with van der Waals surface area (Å²) in [6.45, 7) is 8.48. The van der Waals surface area contributed by atoms with E-state index in [4.69, 9.17) is 4.99 Å². The maximum absolute atomic E-state index is 5.14. The Kier molecular flexibility index (Phi) is 5.75. The molecule has 0 saturated heterocycles. The summed E-state index contributed by atoms with van der Waals surface area (Å²) in [7, 11) is 0. The van der Waals surface area contributed by atoms with E-state index in [2.05, 4.69) is 81.1 Å². The van der Waals surface area contributed by atoms with Gasteiger partial charge >= 0.3 is 0 Å². The van der Waals surface area contributed by atoms with Gasteiger partial charge in [0.1, 0.15) is 0 Å². The summed E-state index contributed by atoms with van der Waals surface area (Å²) < 4.78 is 0.00660. The fourth-order valence-corrected chi connectivity index (χ4v) is 6.36. The molecule has 1 atom stereocenters. The van der Waals surface area contributed by atoms with Gasteiger partial charge in [0.2, 0.25) is 0 Å². The van der Waals surface area contributed by atoms with Gasteiger partial charge in [0.05, 0.1) is 14.7 Å². The molecule has 1 aliphatic rings. The number of benzene rings is 2. The Bertz CT molecular complexity index is 737. The molecule has 0 radical (unpaired) electrons. The summed E-state index contributed by atoms with van der Waals surface area (Å²) in [5, 5.41) is 1.24. The van der Waals surface area contributed by atoms with Crippen molar-refractivity contribution in [2.24, 2.45) is 4.99 Å². The normalized spacial score (nSPS) is 21.8. The van der Waals surface area contributed by atoms with Crippen LogP contribution in [0.15, 0.2) is 78.3 Å². The highest BCUT2D eigenvalue weighted by molar-refractivity contribution is 8.26. The van der Waals surface area contributed by atoms with Crippen molar-refractivity contribution in [2.75, 3.05) is 5.75 Å². The van der Waals surface area contributed by atoms with Gasteiger partial charge in [-0.15, -0.1) is 18.3 Å². The first-order valence-corrected chi connectivity index (χ1v) is 10.5. The molecule has 130 valence electrons. The van der Waals surface area contributed by atoms with Gasteiger partial charge in [0.25, 0.3) is 0 Å². The van der Waals surface area contributed by atoms with E-state index in [0.717, 1.165) is 18.6 Å². The number of thioether (sulfide) groups is 2. The van der Waals surface area contributed by atoms with Crippen LogP contribution in [0.5, 0.6) is 0 Å². The lowest BCUT2D eigenvalue weighted by molar-refractivity contribution is 0.475. The third-order valence-electron chi connectivity index (χ3n) is 4.53. The van der Waals surface area contributed by atoms with Crippen LogP contribution < -0.4 is 0 Å². The third kappa shape index (κ3) is 4.21. The molecule has 1 heterocycles. The van der Waals surface area contributed by atoms with Crippen molar-refractivity contribution in [1.29, 1.82) is 0 Å². The zero-order valence-corrected chi connectivity index (χ0v) is 16.6.